The zero-order valence-electron chi connectivity index (χ0n) is 16.0. The topological polar surface area (TPSA) is 117 Å². The van der Waals surface area contributed by atoms with E-state index in [2.05, 4.69) is 5.32 Å². The minimum Gasteiger partial charge on any atom is -0.478 e. The van der Waals surface area contributed by atoms with E-state index in [1.807, 2.05) is 0 Å². The maximum atomic E-state index is 12.9. The number of nitrogens with one attached hydrogen (secondary N) is 1. The molecule has 0 radical (unpaired) electrons. The number of nitrogens with zero attached hydrogens (tertiary/aromatic N) is 1. The molecule has 2 N–H and O–H groups in total. The van der Waals surface area contributed by atoms with Gasteiger partial charge in [-0.05, 0) is 54.6 Å². The number of anilines is 1. The molecule has 0 unspecified atom stereocenters. The van der Waals surface area contributed by atoms with Crippen LogP contribution in [-0.2, 0) is 9.59 Å². The van der Waals surface area contributed by atoms with Gasteiger partial charge in [-0.1, -0.05) is 29.3 Å². The predicted octanol–water partition coefficient (Wildman–Crippen LogP) is 4.62. The summed E-state index contributed by atoms with van der Waals surface area (Å²) in [6, 6.07) is 12.3. The van der Waals surface area contributed by atoms with Crippen LogP contribution in [0.1, 0.15) is 16.1 Å². The summed E-state index contributed by atoms with van der Waals surface area (Å²) < 4.78 is 5.66. The molecule has 4 rings (SSSR count). The highest BCUT2D eigenvalue weighted by molar-refractivity contribution is 6.39. The number of amides is 4. The number of aromatic carboxylic acids is 1. The summed E-state index contributed by atoms with van der Waals surface area (Å²) in [7, 11) is 0. The van der Waals surface area contributed by atoms with Crippen LogP contribution in [0.25, 0.3) is 17.4 Å². The van der Waals surface area contributed by atoms with Gasteiger partial charge in [-0.25, -0.2) is 14.5 Å². The van der Waals surface area contributed by atoms with Crippen LogP contribution in [-0.4, -0.2) is 28.9 Å². The number of furan rings is 1. The molecule has 0 saturated carbocycles. The molecule has 2 heterocycles. The van der Waals surface area contributed by atoms with Gasteiger partial charge in [0.25, 0.3) is 11.8 Å². The Morgan fingerprint density at radius 2 is 1.81 bits per heavy atom. The molecule has 1 fully saturated rings. The lowest BCUT2D eigenvalue weighted by Crippen LogP contribution is -2.54. The third-order valence-electron chi connectivity index (χ3n) is 4.56. The monoisotopic (exact) mass is 470 g/mol. The molecule has 1 aliphatic heterocycles. The van der Waals surface area contributed by atoms with Gasteiger partial charge in [0.1, 0.15) is 17.1 Å². The van der Waals surface area contributed by atoms with Crippen LogP contribution in [0.4, 0.5) is 10.5 Å². The number of urea groups is 1. The van der Waals surface area contributed by atoms with E-state index in [-0.39, 0.29) is 33.4 Å². The Balaban J connectivity index is 1.70. The first kappa shape index (κ1) is 21.4. The average molecular weight is 471 g/mol. The number of carboxylic acid groups (broad SMARTS) is 1. The van der Waals surface area contributed by atoms with Crippen molar-refractivity contribution < 1.29 is 28.7 Å². The summed E-state index contributed by atoms with van der Waals surface area (Å²) in [6.45, 7) is 0. The third-order valence-corrected chi connectivity index (χ3v) is 5.12. The van der Waals surface area contributed by atoms with Crippen LogP contribution in [0.5, 0.6) is 0 Å². The fraction of sp³-hybridized carbons (Fsp3) is 0. The molecule has 0 aliphatic carbocycles. The van der Waals surface area contributed by atoms with Gasteiger partial charge in [0, 0.05) is 10.6 Å². The van der Waals surface area contributed by atoms with Crippen molar-refractivity contribution >= 4 is 58.8 Å². The Morgan fingerprint density at radius 1 is 1.03 bits per heavy atom. The van der Waals surface area contributed by atoms with E-state index in [9.17, 15) is 24.3 Å². The Labute approximate surface area is 190 Å². The first-order valence-electron chi connectivity index (χ1n) is 9.04. The van der Waals surface area contributed by atoms with Crippen molar-refractivity contribution in [3.8, 4) is 11.3 Å². The highest BCUT2D eigenvalue weighted by atomic mass is 35.5. The molecule has 8 nitrogen and oxygen atoms in total. The molecule has 160 valence electrons. The smallest absolute Gasteiger partial charge is 0.335 e. The second-order valence-corrected chi connectivity index (χ2v) is 7.48. The lowest BCUT2D eigenvalue weighted by molar-refractivity contribution is -0.122. The number of benzene rings is 2. The lowest BCUT2D eigenvalue weighted by Gasteiger charge is -2.26. The first-order valence-corrected chi connectivity index (χ1v) is 9.80. The molecule has 1 saturated heterocycles. The van der Waals surface area contributed by atoms with E-state index >= 15 is 0 Å². The van der Waals surface area contributed by atoms with Crippen molar-refractivity contribution in [2.75, 3.05) is 4.90 Å². The largest absolute Gasteiger partial charge is 0.478 e. The highest BCUT2D eigenvalue weighted by Gasteiger charge is 2.37. The number of carbonyl (C=O) groups excluding carboxylic acids is 3. The van der Waals surface area contributed by atoms with Crippen molar-refractivity contribution in [3.63, 3.8) is 0 Å². The summed E-state index contributed by atoms with van der Waals surface area (Å²) in [5, 5.41) is 11.8. The Hall–Kier alpha value is -3.88. The fourth-order valence-corrected chi connectivity index (χ4v) is 3.47. The molecular formula is C22H12Cl2N2O6. The van der Waals surface area contributed by atoms with E-state index in [0.717, 1.165) is 4.90 Å². The molecular weight excluding hydrogens is 459 g/mol. The molecule has 4 amide bonds. The maximum Gasteiger partial charge on any atom is 0.335 e. The van der Waals surface area contributed by atoms with Crippen LogP contribution >= 0.6 is 23.2 Å². The number of hydrogen-bond acceptors (Lipinski definition) is 5. The first-order chi connectivity index (χ1) is 15.2. The lowest BCUT2D eigenvalue weighted by atomic mass is 10.1. The quantitative estimate of drug-likeness (QED) is 0.424. The third kappa shape index (κ3) is 4.01. The van der Waals surface area contributed by atoms with E-state index in [0.29, 0.717) is 10.6 Å². The number of halogens is 2. The summed E-state index contributed by atoms with van der Waals surface area (Å²) in [4.78, 5) is 49.5. The van der Waals surface area contributed by atoms with E-state index in [1.54, 1.807) is 12.1 Å². The summed E-state index contributed by atoms with van der Waals surface area (Å²) in [5.74, 6) is -2.52. The molecule has 0 atom stereocenters. The highest BCUT2D eigenvalue weighted by Crippen LogP contribution is 2.31. The average Bonchev–Trinajstić information content (AvgIpc) is 3.19. The normalized spacial score (nSPS) is 15.2. The van der Waals surface area contributed by atoms with Crippen molar-refractivity contribution in [3.05, 3.63) is 81.5 Å². The number of barbiturate groups is 1. The van der Waals surface area contributed by atoms with E-state index in [4.69, 9.17) is 27.6 Å². The summed E-state index contributed by atoms with van der Waals surface area (Å²) in [5.41, 5.74) is 0.191. The van der Waals surface area contributed by atoms with Crippen LogP contribution in [0, 0.1) is 0 Å². The van der Waals surface area contributed by atoms with Gasteiger partial charge in [0.2, 0.25) is 0 Å². The van der Waals surface area contributed by atoms with Crippen LogP contribution in [0.15, 0.2) is 64.6 Å². The Kier molecular flexibility index (Phi) is 5.56. The van der Waals surface area contributed by atoms with Crippen LogP contribution in [0.3, 0.4) is 0 Å². The Bertz CT molecular complexity index is 1330. The van der Waals surface area contributed by atoms with Crippen molar-refractivity contribution in [1.29, 1.82) is 0 Å². The minimum atomic E-state index is -1.13. The zero-order chi connectivity index (χ0) is 23.0. The van der Waals surface area contributed by atoms with Crippen LogP contribution in [0.2, 0.25) is 10.0 Å². The number of imide groups is 2. The van der Waals surface area contributed by atoms with E-state index in [1.165, 1.54) is 48.5 Å². The van der Waals surface area contributed by atoms with Gasteiger partial charge >= 0.3 is 12.0 Å². The van der Waals surface area contributed by atoms with Gasteiger partial charge in [0.15, 0.2) is 0 Å². The van der Waals surface area contributed by atoms with Gasteiger partial charge < -0.3 is 9.52 Å². The molecule has 2 aromatic carbocycles. The molecule has 0 bridgehead atoms. The number of rotatable bonds is 4. The second kappa shape index (κ2) is 8.33. The van der Waals surface area contributed by atoms with Gasteiger partial charge in [0.05, 0.1) is 16.3 Å². The number of carbonyl (C=O) groups is 4. The Morgan fingerprint density at radius 3 is 2.53 bits per heavy atom. The molecule has 10 heteroatoms. The van der Waals surface area contributed by atoms with Crippen molar-refractivity contribution in [2.24, 2.45) is 0 Å². The number of hydrogen-bond donors (Lipinski definition) is 2. The fourth-order valence-electron chi connectivity index (χ4n) is 3.07. The van der Waals surface area contributed by atoms with E-state index < -0.39 is 23.8 Å². The molecule has 32 heavy (non-hydrogen) atoms. The molecule has 3 aromatic rings. The second-order valence-electron chi connectivity index (χ2n) is 6.64. The van der Waals surface area contributed by atoms with Crippen molar-refractivity contribution in [2.45, 2.75) is 0 Å². The van der Waals surface area contributed by atoms with Gasteiger partial charge in [-0.15, -0.1) is 0 Å². The van der Waals surface area contributed by atoms with Gasteiger partial charge in [-0.3, -0.25) is 14.9 Å². The molecule has 1 aliphatic rings. The predicted molar refractivity (Wildman–Crippen MR) is 117 cm³/mol. The SMILES string of the molecule is O=C1NC(=O)N(c2cccc(Cl)c2)C(=O)/C1=C/c1ccc(-c2cc(C(=O)O)ccc2Cl)o1. The maximum absolute atomic E-state index is 12.9. The zero-order valence-corrected chi connectivity index (χ0v) is 17.5. The number of carboxylic acids is 1. The summed E-state index contributed by atoms with van der Waals surface area (Å²) >= 11 is 12.1. The summed E-state index contributed by atoms with van der Waals surface area (Å²) in [6.07, 6.45) is 1.18. The van der Waals surface area contributed by atoms with Crippen molar-refractivity contribution in [1.82, 2.24) is 5.32 Å². The van der Waals surface area contributed by atoms with Crippen LogP contribution < -0.4 is 10.2 Å². The minimum absolute atomic E-state index is 0.0122. The molecule has 0 spiro atoms. The van der Waals surface area contributed by atoms with Gasteiger partial charge in [-0.2, -0.15) is 0 Å². The standard InChI is InChI=1S/C22H12Cl2N2O6/c23-12-2-1-3-13(9-12)26-20(28)16(19(27)25-22(26)31)10-14-5-7-18(32-14)15-8-11(21(29)30)4-6-17(15)24/h1-10H,(H,29,30)(H,25,27,31)/b16-10+. The molecule has 1 aromatic heterocycles.